The van der Waals surface area contributed by atoms with Crippen LogP contribution in [0.3, 0.4) is 0 Å². The minimum atomic E-state index is -0.710. The molecule has 8 heteroatoms. The predicted molar refractivity (Wildman–Crippen MR) is 85.5 cm³/mol. The molecule has 0 bridgehead atoms. The number of nitro benzene ring substituents is 1. The second kappa shape index (κ2) is 6.83. The van der Waals surface area contributed by atoms with Gasteiger partial charge in [0, 0.05) is 23.8 Å². The molecule has 0 saturated carbocycles. The average Bonchev–Trinajstić information content (AvgIpc) is 2.63. The second-order valence-electron chi connectivity index (χ2n) is 4.96. The molecular weight excluding hydrogens is 329 g/mol. The Bertz CT molecular complexity index is 910. The van der Waals surface area contributed by atoms with Crippen LogP contribution in [-0.4, -0.2) is 21.1 Å². The van der Waals surface area contributed by atoms with Crippen LogP contribution in [0.15, 0.2) is 60.7 Å². The molecular formula is C17H10FN3O4. The van der Waals surface area contributed by atoms with Crippen LogP contribution < -0.4 is 4.74 Å². The van der Waals surface area contributed by atoms with Gasteiger partial charge in [-0.05, 0) is 42.5 Å². The van der Waals surface area contributed by atoms with Crippen molar-refractivity contribution >= 4 is 11.7 Å². The third kappa shape index (κ3) is 3.81. The van der Waals surface area contributed by atoms with E-state index in [0.717, 1.165) is 0 Å². The standard InChI is InChI=1S/C17H10FN3O4/c18-13-5-1-11(2-6-13)15-9-10-16(20-19-15)25-17(22)12-3-7-14(8-4-12)21(23)24/h1-10H. The van der Waals surface area contributed by atoms with Gasteiger partial charge in [-0.15, -0.1) is 10.2 Å². The van der Waals surface area contributed by atoms with Crippen LogP contribution in [0.5, 0.6) is 5.88 Å². The minimum Gasteiger partial charge on any atom is -0.402 e. The zero-order chi connectivity index (χ0) is 17.8. The summed E-state index contributed by atoms with van der Waals surface area (Å²) < 4.78 is 18.0. The lowest BCUT2D eigenvalue weighted by Crippen LogP contribution is -2.10. The molecule has 0 radical (unpaired) electrons. The van der Waals surface area contributed by atoms with Gasteiger partial charge in [-0.1, -0.05) is 0 Å². The molecule has 124 valence electrons. The summed E-state index contributed by atoms with van der Waals surface area (Å²) in [4.78, 5) is 22.0. The Morgan fingerprint density at radius 2 is 1.64 bits per heavy atom. The Balaban J connectivity index is 1.71. The first-order chi connectivity index (χ1) is 12.0. The first-order valence-electron chi connectivity index (χ1n) is 7.09. The highest BCUT2D eigenvalue weighted by molar-refractivity contribution is 5.91. The number of halogens is 1. The predicted octanol–water partition coefficient (Wildman–Crippen LogP) is 3.41. The molecule has 2 aromatic carbocycles. The van der Waals surface area contributed by atoms with E-state index < -0.39 is 10.9 Å². The number of hydrogen-bond acceptors (Lipinski definition) is 6. The molecule has 0 spiro atoms. The zero-order valence-corrected chi connectivity index (χ0v) is 12.6. The molecule has 3 rings (SSSR count). The van der Waals surface area contributed by atoms with E-state index in [2.05, 4.69) is 10.2 Å². The zero-order valence-electron chi connectivity index (χ0n) is 12.6. The van der Waals surface area contributed by atoms with Crippen LogP contribution in [0.25, 0.3) is 11.3 Å². The van der Waals surface area contributed by atoms with Gasteiger partial charge in [0.2, 0.25) is 5.88 Å². The van der Waals surface area contributed by atoms with E-state index in [-0.39, 0.29) is 22.9 Å². The third-order valence-corrected chi connectivity index (χ3v) is 3.29. The van der Waals surface area contributed by atoms with Crippen molar-refractivity contribution < 1.29 is 18.8 Å². The van der Waals surface area contributed by atoms with Crippen LogP contribution in [0.1, 0.15) is 10.4 Å². The van der Waals surface area contributed by atoms with Crippen molar-refractivity contribution in [1.29, 1.82) is 0 Å². The quantitative estimate of drug-likeness (QED) is 0.411. The van der Waals surface area contributed by atoms with E-state index in [1.807, 2.05) is 0 Å². The summed E-state index contributed by atoms with van der Waals surface area (Å²) in [6, 6.07) is 13.8. The lowest BCUT2D eigenvalue weighted by atomic mass is 10.1. The van der Waals surface area contributed by atoms with Gasteiger partial charge >= 0.3 is 5.97 Å². The molecule has 7 nitrogen and oxygen atoms in total. The molecule has 1 aromatic heterocycles. The SMILES string of the molecule is O=C(Oc1ccc(-c2ccc(F)cc2)nn1)c1ccc([N+](=O)[O-])cc1. The van der Waals surface area contributed by atoms with Crippen LogP contribution >= 0.6 is 0 Å². The van der Waals surface area contributed by atoms with Crippen molar-refractivity contribution in [2.45, 2.75) is 0 Å². The average molecular weight is 339 g/mol. The fraction of sp³-hybridized carbons (Fsp3) is 0. The Hall–Kier alpha value is -3.68. The van der Waals surface area contributed by atoms with Crippen molar-refractivity contribution in [2.75, 3.05) is 0 Å². The van der Waals surface area contributed by atoms with Gasteiger partial charge in [0.25, 0.3) is 5.69 Å². The normalized spacial score (nSPS) is 10.3. The Morgan fingerprint density at radius 3 is 2.20 bits per heavy atom. The summed E-state index contributed by atoms with van der Waals surface area (Å²) in [5.41, 5.74) is 1.19. The molecule has 0 amide bonds. The number of rotatable bonds is 4. The number of nitrogens with zero attached hydrogens (tertiary/aromatic N) is 3. The monoisotopic (exact) mass is 339 g/mol. The van der Waals surface area contributed by atoms with E-state index in [1.54, 1.807) is 18.2 Å². The van der Waals surface area contributed by atoms with Crippen LogP contribution in [0.4, 0.5) is 10.1 Å². The number of non-ortho nitro benzene ring substituents is 1. The number of hydrogen-bond donors (Lipinski definition) is 0. The van der Waals surface area contributed by atoms with Crippen molar-refractivity contribution in [1.82, 2.24) is 10.2 Å². The van der Waals surface area contributed by atoms with Crippen LogP contribution in [0.2, 0.25) is 0 Å². The molecule has 0 aliphatic rings. The number of esters is 1. The lowest BCUT2D eigenvalue weighted by molar-refractivity contribution is -0.384. The van der Waals surface area contributed by atoms with Crippen LogP contribution in [0, 0.1) is 15.9 Å². The van der Waals surface area contributed by atoms with E-state index >= 15 is 0 Å². The van der Waals surface area contributed by atoms with E-state index in [1.165, 1.54) is 42.5 Å². The van der Waals surface area contributed by atoms with E-state index in [4.69, 9.17) is 4.74 Å². The van der Waals surface area contributed by atoms with Crippen molar-refractivity contribution in [3.8, 4) is 17.1 Å². The maximum Gasteiger partial charge on any atom is 0.344 e. The summed E-state index contributed by atoms with van der Waals surface area (Å²) in [5, 5.41) is 18.3. The molecule has 1 heterocycles. The highest BCUT2D eigenvalue weighted by Crippen LogP contribution is 2.19. The van der Waals surface area contributed by atoms with Gasteiger partial charge in [0.1, 0.15) is 5.82 Å². The van der Waals surface area contributed by atoms with Gasteiger partial charge in [-0.3, -0.25) is 10.1 Å². The Labute approximate surface area is 140 Å². The van der Waals surface area contributed by atoms with E-state index in [0.29, 0.717) is 11.3 Å². The van der Waals surface area contributed by atoms with Crippen molar-refractivity contribution in [2.24, 2.45) is 0 Å². The highest BCUT2D eigenvalue weighted by Gasteiger charge is 2.12. The molecule has 0 aliphatic heterocycles. The van der Waals surface area contributed by atoms with Crippen LogP contribution in [-0.2, 0) is 0 Å². The van der Waals surface area contributed by atoms with Gasteiger partial charge in [0.05, 0.1) is 16.2 Å². The number of carbonyl (C=O) groups is 1. The number of aromatic nitrogens is 2. The van der Waals surface area contributed by atoms with Crippen molar-refractivity contribution in [3.63, 3.8) is 0 Å². The number of nitro groups is 1. The molecule has 25 heavy (non-hydrogen) atoms. The fourth-order valence-corrected chi connectivity index (χ4v) is 2.02. The summed E-state index contributed by atoms with van der Waals surface area (Å²) in [5.74, 6) is -1.08. The number of benzene rings is 2. The van der Waals surface area contributed by atoms with Gasteiger partial charge in [-0.25, -0.2) is 9.18 Å². The summed E-state index contributed by atoms with van der Waals surface area (Å²) >= 11 is 0. The van der Waals surface area contributed by atoms with Gasteiger partial charge < -0.3 is 4.74 Å². The first kappa shape index (κ1) is 16.2. The largest absolute Gasteiger partial charge is 0.402 e. The van der Waals surface area contributed by atoms with Gasteiger partial charge in [-0.2, -0.15) is 0 Å². The highest BCUT2D eigenvalue weighted by atomic mass is 19.1. The molecule has 0 fully saturated rings. The Kier molecular flexibility index (Phi) is 4.42. The number of ether oxygens (including phenoxy) is 1. The second-order valence-corrected chi connectivity index (χ2v) is 4.96. The molecule has 0 N–H and O–H groups in total. The lowest BCUT2D eigenvalue weighted by Gasteiger charge is -2.04. The Morgan fingerprint density at radius 1 is 0.960 bits per heavy atom. The minimum absolute atomic E-state index is 0.0192. The summed E-state index contributed by atoms with van der Waals surface area (Å²) in [6.07, 6.45) is 0. The topological polar surface area (TPSA) is 95.2 Å². The molecule has 0 aliphatic carbocycles. The van der Waals surface area contributed by atoms with Gasteiger partial charge in [0.15, 0.2) is 0 Å². The third-order valence-electron chi connectivity index (χ3n) is 3.29. The maximum atomic E-state index is 12.9. The van der Waals surface area contributed by atoms with Crippen molar-refractivity contribution in [3.05, 3.63) is 82.2 Å². The molecule has 0 saturated heterocycles. The maximum absolute atomic E-state index is 12.9. The van der Waals surface area contributed by atoms with E-state index in [9.17, 15) is 19.3 Å². The smallest absolute Gasteiger partial charge is 0.344 e. The summed E-state index contributed by atoms with van der Waals surface area (Å²) in [7, 11) is 0. The molecule has 0 unspecified atom stereocenters. The number of carbonyl (C=O) groups excluding carboxylic acids is 1. The molecule has 0 atom stereocenters. The fourth-order valence-electron chi connectivity index (χ4n) is 2.02. The first-order valence-corrected chi connectivity index (χ1v) is 7.09. The molecule has 3 aromatic rings. The summed E-state index contributed by atoms with van der Waals surface area (Å²) in [6.45, 7) is 0.